The first-order valence-corrected chi connectivity index (χ1v) is 6.91. The van der Waals surface area contributed by atoms with E-state index in [0.717, 1.165) is 25.3 Å². The maximum absolute atomic E-state index is 12.4. The molecule has 106 valence electrons. The summed E-state index contributed by atoms with van der Waals surface area (Å²) < 4.78 is 7.33. The van der Waals surface area contributed by atoms with Gasteiger partial charge in [-0.05, 0) is 19.8 Å². The number of ether oxygens (including phenoxy) is 1. The van der Waals surface area contributed by atoms with Crippen LogP contribution >= 0.6 is 11.6 Å². The molecule has 0 aliphatic carbocycles. The number of hydrogen-bond donors (Lipinski definition) is 0. The van der Waals surface area contributed by atoms with Gasteiger partial charge in [-0.15, -0.1) is 0 Å². The topological polar surface area (TPSA) is 47.4 Å². The molecule has 0 spiro atoms. The van der Waals surface area contributed by atoms with E-state index in [1.165, 1.54) is 0 Å². The quantitative estimate of drug-likeness (QED) is 0.851. The molecule has 0 radical (unpaired) electrons. The predicted octanol–water partition coefficient (Wildman–Crippen LogP) is 1.85. The van der Waals surface area contributed by atoms with Crippen molar-refractivity contribution in [2.24, 2.45) is 13.0 Å². The highest BCUT2D eigenvalue weighted by atomic mass is 35.5. The molecule has 1 amide bonds. The molecule has 6 heteroatoms. The lowest BCUT2D eigenvalue weighted by Gasteiger charge is -2.31. The summed E-state index contributed by atoms with van der Waals surface area (Å²) in [7, 11) is 3.64. The number of aromatic nitrogens is 2. The van der Waals surface area contributed by atoms with Crippen molar-refractivity contribution >= 4 is 17.5 Å². The maximum Gasteiger partial charge on any atom is 0.228 e. The predicted molar refractivity (Wildman–Crippen MR) is 72.8 cm³/mol. The van der Waals surface area contributed by atoms with Crippen LogP contribution in [0.1, 0.15) is 25.6 Å². The highest BCUT2D eigenvalue weighted by Crippen LogP contribution is 2.23. The van der Waals surface area contributed by atoms with Gasteiger partial charge in [-0.1, -0.05) is 11.6 Å². The van der Waals surface area contributed by atoms with E-state index in [1.54, 1.807) is 22.7 Å². The SMILES string of the molecule is C[C@@H]1OCCC[C@H]1C(=O)N(C)Cc1ncc(Cl)n1C. The second-order valence-electron chi connectivity index (χ2n) is 5.08. The molecule has 2 heterocycles. The van der Waals surface area contributed by atoms with Crippen molar-refractivity contribution in [1.29, 1.82) is 0 Å². The van der Waals surface area contributed by atoms with Crippen molar-refractivity contribution < 1.29 is 9.53 Å². The van der Waals surface area contributed by atoms with Gasteiger partial charge in [0, 0.05) is 20.7 Å². The van der Waals surface area contributed by atoms with Gasteiger partial charge in [-0.3, -0.25) is 4.79 Å². The molecular weight excluding hydrogens is 266 g/mol. The van der Waals surface area contributed by atoms with Gasteiger partial charge in [0.25, 0.3) is 0 Å². The van der Waals surface area contributed by atoms with Gasteiger partial charge in [0.1, 0.15) is 11.0 Å². The number of rotatable bonds is 3. The van der Waals surface area contributed by atoms with Crippen molar-refractivity contribution in [1.82, 2.24) is 14.5 Å². The number of halogens is 1. The van der Waals surface area contributed by atoms with E-state index < -0.39 is 0 Å². The molecule has 1 aromatic heterocycles. The lowest BCUT2D eigenvalue weighted by Crippen LogP contribution is -2.41. The molecule has 1 fully saturated rings. The van der Waals surface area contributed by atoms with Crippen LogP contribution in [0.25, 0.3) is 0 Å². The van der Waals surface area contributed by atoms with Crippen LogP contribution in [0.3, 0.4) is 0 Å². The zero-order valence-corrected chi connectivity index (χ0v) is 12.4. The van der Waals surface area contributed by atoms with Crippen LogP contribution in [-0.4, -0.2) is 40.1 Å². The Bertz CT molecular complexity index is 461. The number of carbonyl (C=O) groups excluding carboxylic acids is 1. The van der Waals surface area contributed by atoms with Crippen LogP contribution in [0.2, 0.25) is 5.15 Å². The van der Waals surface area contributed by atoms with Crippen molar-refractivity contribution in [3.05, 3.63) is 17.2 Å². The average Bonchev–Trinajstić information content (AvgIpc) is 2.70. The smallest absolute Gasteiger partial charge is 0.228 e. The van der Waals surface area contributed by atoms with Crippen LogP contribution in [0, 0.1) is 5.92 Å². The average molecular weight is 286 g/mol. The van der Waals surface area contributed by atoms with Crippen molar-refractivity contribution in [2.75, 3.05) is 13.7 Å². The molecule has 0 saturated carbocycles. The first kappa shape index (κ1) is 14.3. The van der Waals surface area contributed by atoms with E-state index in [4.69, 9.17) is 16.3 Å². The third-order valence-corrected chi connectivity index (χ3v) is 4.06. The minimum atomic E-state index is -0.0468. The molecule has 0 N–H and O–H groups in total. The Hall–Kier alpha value is -1.07. The monoisotopic (exact) mass is 285 g/mol. The third-order valence-electron chi connectivity index (χ3n) is 3.71. The molecule has 0 unspecified atom stereocenters. The lowest BCUT2D eigenvalue weighted by molar-refractivity contribution is -0.143. The molecule has 1 aliphatic heterocycles. The van der Waals surface area contributed by atoms with Crippen molar-refractivity contribution in [3.63, 3.8) is 0 Å². The Morgan fingerprint density at radius 2 is 2.42 bits per heavy atom. The van der Waals surface area contributed by atoms with Gasteiger partial charge in [0.05, 0.1) is 24.8 Å². The van der Waals surface area contributed by atoms with Crippen LogP contribution in [0.15, 0.2) is 6.20 Å². The molecule has 2 atom stereocenters. The standard InChI is InChI=1S/C13H20ClN3O2/c1-9-10(5-4-6-19-9)13(18)16(2)8-12-15-7-11(14)17(12)3/h7,9-10H,4-6,8H2,1-3H3/t9-,10+/m0/s1. The minimum Gasteiger partial charge on any atom is -0.378 e. The number of amides is 1. The third kappa shape index (κ3) is 3.09. The van der Waals surface area contributed by atoms with Gasteiger partial charge in [-0.2, -0.15) is 0 Å². The molecule has 2 rings (SSSR count). The van der Waals surface area contributed by atoms with E-state index in [0.29, 0.717) is 11.7 Å². The fraction of sp³-hybridized carbons (Fsp3) is 0.692. The summed E-state index contributed by atoms with van der Waals surface area (Å²) in [5.74, 6) is 0.853. The molecule has 19 heavy (non-hydrogen) atoms. The maximum atomic E-state index is 12.4. The minimum absolute atomic E-state index is 0.00587. The molecule has 0 bridgehead atoms. The fourth-order valence-electron chi connectivity index (χ4n) is 2.39. The number of hydrogen-bond acceptors (Lipinski definition) is 3. The lowest BCUT2D eigenvalue weighted by atomic mass is 9.94. The summed E-state index contributed by atoms with van der Waals surface area (Å²) in [6, 6.07) is 0. The highest BCUT2D eigenvalue weighted by molar-refractivity contribution is 6.29. The number of nitrogens with zero attached hydrogens (tertiary/aromatic N) is 3. The Labute approximate surface area is 118 Å². The van der Waals surface area contributed by atoms with Crippen LogP contribution in [-0.2, 0) is 23.1 Å². The van der Waals surface area contributed by atoms with Crippen LogP contribution in [0.4, 0.5) is 0 Å². The Kier molecular flexibility index (Phi) is 4.47. The van der Waals surface area contributed by atoms with E-state index >= 15 is 0 Å². The van der Waals surface area contributed by atoms with Gasteiger partial charge in [0.15, 0.2) is 0 Å². The summed E-state index contributed by atoms with van der Waals surface area (Å²) >= 11 is 5.94. The second kappa shape index (κ2) is 5.92. The number of imidazole rings is 1. The van der Waals surface area contributed by atoms with Gasteiger partial charge in [-0.25, -0.2) is 4.98 Å². The molecule has 5 nitrogen and oxygen atoms in total. The number of carbonyl (C=O) groups is 1. The summed E-state index contributed by atoms with van der Waals surface area (Å²) in [5, 5.41) is 0.574. The van der Waals surface area contributed by atoms with E-state index in [-0.39, 0.29) is 17.9 Å². The largest absolute Gasteiger partial charge is 0.378 e. The van der Waals surface area contributed by atoms with Gasteiger partial charge >= 0.3 is 0 Å². The summed E-state index contributed by atoms with van der Waals surface area (Å²) in [4.78, 5) is 18.3. The summed E-state index contributed by atoms with van der Waals surface area (Å²) in [6.45, 7) is 3.18. The molecule has 1 aromatic rings. The van der Waals surface area contributed by atoms with Gasteiger partial charge < -0.3 is 14.2 Å². The normalized spacial score (nSPS) is 23.4. The zero-order valence-electron chi connectivity index (χ0n) is 11.6. The van der Waals surface area contributed by atoms with Crippen LogP contribution < -0.4 is 0 Å². The zero-order chi connectivity index (χ0) is 14.0. The first-order chi connectivity index (χ1) is 9.00. The highest BCUT2D eigenvalue weighted by Gasteiger charge is 2.31. The molecule has 1 aliphatic rings. The fourth-order valence-corrected chi connectivity index (χ4v) is 2.54. The second-order valence-corrected chi connectivity index (χ2v) is 5.46. The first-order valence-electron chi connectivity index (χ1n) is 6.53. The van der Waals surface area contributed by atoms with Crippen molar-refractivity contribution in [2.45, 2.75) is 32.4 Å². The van der Waals surface area contributed by atoms with Gasteiger partial charge in [0.2, 0.25) is 5.91 Å². The molecular formula is C13H20ClN3O2. The van der Waals surface area contributed by atoms with Crippen molar-refractivity contribution in [3.8, 4) is 0 Å². The Balaban J connectivity index is 2.01. The van der Waals surface area contributed by atoms with E-state index in [9.17, 15) is 4.79 Å². The van der Waals surface area contributed by atoms with Crippen LogP contribution in [0.5, 0.6) is 0 Å². The summed E-state index contributed by atoms with van der Waals surface area (Å²) in [5.41, 5.74) is 0. The molecule has 0 aromatic carbocycles. The molecule has 1 saturated heterocycles. The summed E-state index contributed by atoms with van der Waals surface area (Å²) in [6.07, 6.45) is 3.43. The Morgan fingerprint density at radius 3 is 3.00 bits per heavy atom. The van der Waals surface area contributed by atoms with E-state index in [2.05, 4.69) is 4.98 Å². The van der Waals surface area contributed by atoms with E-state index in [1.807, 2.05) is 14.0 Å². The Morgan fingerprint density at radius 1 is 1.68 bits per heavy atom.